The highest BCUT2D eigenvalue weighted by molar-refractivity contribution is 5.10. The Kier molecular flexibility index (Phi) is 0.904. The van der Waals surface area contributed by atoms with Crippen molar-refractivity contribution in [1.82, 2.24) is 0 Å². The monoisotopic (exact) mass is 124 g/mol. The molecule has 1 aliphatic heterocycles. The minimum absolute atomic E-state index is 0.263. The van der Waals surface area contributed by atoms with E-state index in [1.54, 1.807) is 0 Å². The van der Waals surface area contributed by atoms with Crippen molar-refractivity contribution >= 4 is 0 Å². The molecule has 0 saturated carbocycles. The lowest BCUT2D eigenvalue weighted by molar-refractivity contribution is 0.365. The Bertz CT molecular complexity index is 210. The first kappa shape index (κ1) is 5.06. The van der Waals surface area contributed by atoms with Gasteiger partial charge in [-0.3, -0.25) is 0 Å². The molecule has 0 unspecified atom stereocenters. The third kappa shape index (κ3) is 0.856. The number of hydrogen-bond acceptors (Lipinski definition) is 2. The van der Waals surface area contributed by atoms with E-state index in [-0.39, 0.29) is 6.10 Å². The normalized spacial score (nSPS) is 24.3. The van der Waals surface area contributed by atoms with E-state index in [1.807, 2.05) is 19.1 Å². The molecule has 0 aliphatic carbocycles. The van der Waals surface area contributed by atoms with Gasteiger partial charge >= 0.3 is 0 Å². The number of hydrogen-bond donors (Lipinski definition) is 0. The first-order chi connectivity index (χ1) is 4.36. The highest BCUT2D eigenvalue weighted by Gasteiger charge is 2.27. The molecule has 1 aromatic rings. The van der Waals surface area contributed by atoms with Gasteiger partial charge in [-0.05, 0) is 19.1 Å². The minimum atomic E-state index is 0.263. The highest BCUT2D eigenvalue weighted by Crippen LogP contribution is 2.30. The second kappa shape index (κ2) is 1.61. The topological polar surface area (TPSA) is 25.7 Å². The van der Waals surface area contributed by atoms with Gasteiger partial charge in [-0.1, -0.05) is 0 Å². The summed E-state index contributed by atoms with van der Waals surface area (Å²) in [7, 11) is 0. The lowest BCUT2D eigenvalue weighted by Crippen LogP contribution is -1.70. The summed E-state index contributed by atoms with van der Waals surface area (Å²) in [5.41, 5.74) is 0. The van der Waals surface area contributed by atoms with Crippen LogP contribution < -0.4 is 0 Å². The van der Waals surface area contributed by atoms with Crippen LogP contribution in [0.3, 0.4) is 0 Å². The van der Waals surface area contributed by atoms with Gasteiger partial charge in [-0.2, -0.15) is 0 Å². The molecule has 9 heavy (non-hydrogen) atoms. The summed E-state index contributed by atoms with van der Waals surface area (Å²) in [6, 6.07) is 3.92. The van der Waals surface area contributed by atoms with Crippen molar-refractivity contribution < 1.29 is 9.15 Å². The number of ether oxygens (including phenoxy) is 1. The quantitative estimate of drug-likeness (QED) is 0.532. The minimum Gasteiger partial charge on any atom is -0.464 e. The third-order valence-corrected chi connectivity index (χ3v) is 1.41. The lowest BCUT2D eigenvalue weighted by Gasteiger charge is -1.83. The maximum Gasteiger partial charge on any atom is 0.138 e. The van der Waals surface area contributed by atoms with Crippen LogP contribution in [-0.2, 0) is 4.74 Å². The van der Waals surface area contributed by atoms with Gasteiger partial charge in [0.2, 0.25) is 0 Å². The van der Waals surface area contributed by atoms with Crippen LogP contribution >= 0.6 is 0 Å². The fourth-order valence-corrected chi connectivity index (χ4v) is 0.839. The van der Waals surface area contributed by atoms with Gasteiger partial charge in [-0.15, -0.1) is 0 Å². The van der Waals surface area contributed by atoms with E-state index in [0.717, 1.165) is 18.1 Å². The van der Waals surface area contributed by atoms with Crippen molar-refractivity contribution in [2.24, 2.45) is 0 Å². The van der Waals surface area contributed by atoms with E-state index >= 15 is 0 Å². The molecule has 0 spiro atoms. The zero-order chi connectivity index (χ0) is 6.27. The predicted octanol–water partition coefficient (Wildman–Crippen LogP) is 1.66. The molecule has 0 radical (unpaired) electrons. The number of rotatable bonds is 1. The molecule has 1 saturated heterocycles. The van der Waals surface area contributed by atoms with E-state index in [9.17, 15) is 0 Å². The number of aryl methyl sites for hydroxylation is 1. The molecule has 48 valence electrons. The van der Waals surface area contributed by atoms with Gasteiger partial charge in [0.25, 0.3) is 0 Å². The summed E-state index contributed by atoms with van der Waals surface area (Å²) >= 11 is 0. The van der Waals surface area contributed by atoms with Crippen LogP contribution in [-0.4, -0.2) is 6.61 Å². The van der Waals surface area contributed by atoms with Crippen molar-refractivity contribution in [2.45, 2.75) is 13.0 Å². The standard InChI is InChI=1S/C7H8O2/c1-5-2-3-6(9-5)7-4-8-7/h2-3,7H,4H2,1H3/t7-/m1/s1. The van der Waals surface area contributed by atoms with Crippen LogP contribution in [0.4, 0.5) is 0 Å². The highest BCUT2D eigenvalue weighted by atomic mass is 16.6. The summed E-state index contributed by atoms with van der Waals surface area (Å²) in [5.74, 6) is 1.92. The molecule has 2 nitrogen and oxygen atoms in total. The molecular formula is C7H8O2. The fourth-order valence-electron chi connectivity index (χ4n) is 0.839. The van der Waals surface area contributed by atoms with E-state index in [2.05, 4.69) is 0 Å². The second-order valence-corrected chi connectivity index (χ2v) is 2.27. The maximum atomic E-state index is 5.28. The summed E-state index contributed by atoms with van der Waals surface area (Å²) in [6.45, 7) is 2.76. The van der Waals surface area contributed by atoms with E-state index < -0.39 is 0 Å². The van der Waals surface area contributed by atoms with Crippen LogP contribution in [0.1, 0.15) is 17.6 Å². The summed E-state index contributed by atoms with van der Waals surface area (Å²) in [6.07, 6.45) is 0.263. The Labute approximate surface area is 53.4 Å². The molecule has 2 heteroatoms. The molecule has 2 heterocycles. The van der Waals surface area contributed by atoms with Gasteiger partial charge in [0, 0.05) is 0 Å². The Morgan fingerprint density at radius 3 is 2.78 bits per heavy atom. The molecule has 0 bridgehead atoms. The third-order valence-electron chi connectivity index (χ3n) is 1.41. The zero-order valence-corrected chi connectivity index (χ0v) is 5.26. The zero-order valence-electron chi connectivity index (χ0n) is 5.26. The van der Waals surface area contributed by atoms with Gasteiger partial charge in [-0.25, -0.2) is 0 Å². The Morgan fingerprint density at radius 2 is 2.33 bits per heavy atom. The molecule has 0 N–H and O–H groups in total. The van der Waals surface area contributed by atoms with E-state index in [1.165, 1.54) is 0 Å². The van der Waals surface area contributed by atoms with Crippen LogP contribution in [0.25, 0.3) is 0 Å². The van der Waals surface area contributed by atoms with E-state index in [4.69, 9.17) is 9.15 Å². The van der Waals surface area contributed by atoms with Crippen LogP contribution in [0.5, 0.6) is 0 Å². The predicted molar refractivity (Wildman–Crippen MR) is 32.1 cm³/mol. The number of epoxide rings is 1. The largest absolute Gasteiger partial charge is 0.464 e. The van der Waals surface area contributed by atoms with Gasteiger partial charge in [0.05, 0.1) is 6.61 Å². The Balaban J connectivity index is 2.28. The Hall–Kier alpha value is -0.760. The van der Waals surface area contributed by atoms with Crippen LogP contribution in [0.15, 0.2) is 16.5 Å². The molecule has 1 atom stereocenters. The fraction of sp³-hybridized carbons (Fsp3) is 0.429. The number of furan rings is 1. The summed E-state index contributed by atoms with van der Waals surface area (Å²) < 4.78 is 10.3. The molecule has 1 aliphatic rings. The van der Waals surface area contributed by atoms with Crippen molar-refractivity contribution in [3.05, 3.63) is 23.7 Å². The average molecular weight is 124 g/mol. The smallest absolute Gasteiger partial charge is 0.138 e. The Morgan fingerprint density at radius 1 is 1.56 bits per heavy atom. The van der Waals surface area contributed by atoms with Gasteiger partial charge in [0.15, 0.2) is 0 Å². The van der Waals surface area contributed by atoms with Gasteiger partial charge < -0.3 is 9.15 Å². The van der Waals surface area contributed by atoms with Crippen molar-refractivity contribution in [1.29, 1.82) is 0 Å². The second-order valence-electron chi connectivity index (χ2n) is 2.27. The summed E-state index contributed by atoms with van der Waals surface area (Å²) in [5, 5.41) is 0. The maximum absolute atomic E-state index is 5.28. The van der Waals surface area contributed by atoms with Crippen LogP contribution in [0, 0.1) is 6.92 Å². The molecule has 0 aromatic carbocycles. The average Bonchev–Trinajstić information content (AvgIpc) is 2.58. The summed E-state index contributed by atoms with van der Waals surface area (Å²) in [4.78, 5) is 0. The van der Waals surface area contributed by atoms with Crippen molar-refractivity contribution in [3.63, 3.8) is 0 Å². The molecule has 1 aromatic heterocycles. The molecule has 1 fully saturated rings. The van der Waals surface area contributed by atoms with E-state index in [0.29, 0.717) is 0 Å². The molecule has 0 amide bonds. The first-order valence-electron chi connectivity index (χ1n) is 3.04. The first-order valence-corrected chi connectivity index (χ1v) is 3.04. The van der Waals surface area contributed by atoms with Gasteiger partial charge in [0.1, 0.15) is 17.6 Å². The van der Waals surface area contributed by atoms with Crippen molar-refractivity contribution in [3.8, 4) is 0 Å². The lowest BCUT2D eigenvalue weighted by atomic mass is 10.3. The molecule has 2 rings (SSSR count). The van der Waals surface area contributed by atoms with Crippen molar-refractivity contribution in [2.75, 3.05) is 6.61 Å². The SMILES string of the molecule is Cc1ccc([C@H]2CO2)o1. The van der Waals surface area contributed by atoms with Crippen LogP contribution in [0.2, 0.25) is 0 Å². The molecular weight excluding hydrogens is 116 g/mol.